The quantitative estimate of drug-likeness (QED) is 0.415. The van der Waals surface area contributed by atoms with Crippen molar-refractivity contribution in [3.05, 3.63) is 34.5 Å². The summed E-state index contributed by atoms with van der Waals surface area (Å²) >= 11 is 0. The smallest absolute Gasteiger partial charge is 0.123 e. The third-order valence-electron chi connectivity index (χ3n) is 2.54. The highest BCUT2D eigenvalue weighted by Gasteiger charge is 2.15. The van der Waals surface area contributed by atoms with Gasteiger partial charge in [-0.2, -0.15) is 0 Å². The normalized spacial score (nSPS) is 15.1. The van der Waals surface area contributed by atoms with Crippen molar-refractivity contribution < 1.29 is 4.39 Å². The molecule has 1 saturated heterocycles. The number of hydrogen-bond acceptors (Lipinski definition) is 2. The van der Waals surface area contributed by atoms with Crippen LogP contribution in [0.15, 0.2) is 23.3 Å². The van der Waals surface area contributed by atoms with Gasteiger partial charge in [0, 0.05) is 23.7 Å². The van der Waals surface area contributed by atoms with Crippen LogP contribution in [-0.4, -0.2) is 13.1 Å². The van der Waals surface area contributed by atoms with E-state index in [4.69, 9.17) is 5.53 Å². The second-order valence-corrected chi connectivity index (χ2v) is 3.52. The Morgan fingerprint density at radius 1 is 1.33 bits per heavy atom. The third-order valence-corrected chi connectivity index (χ3v) is 2.54. The standard InChI is InChI=1S/C10H11FN4/c11-8-3-4-10(9(7-8)13-14-12)15-5-1-2-6-15/h3-4,7H,1-2,5-6H2. The Hall–Kier alpha value is -1.74. The van der Waals surface area contributed by atoms with Crippen LogP contribution >= 0.6 is 0 Å². The summed E-state index contributed by atoms with van der Waals surface area (Å²) in [6.07, 6.45) is 2.26. The van der Waals surface area contributed by atoms with Gasteiger partial charge in [0.2, 0.25) is 0 Å². The number of halogens is 1. The Balaban J connectivity index is 2.40. The molecule has 0 amide bonds. The van der Waals surface area contributed by atoms with Crippen LogP contribution in [0.1, 0.15) is 12.8 Å². The SMILES string of the molecule is [N-]=[N+]=Nc1cc(F)ccc1N1CCCC1. The molecule has 2 rings (SSSR count). The van der Waals surface area contributed by atoms with Crippen molar-refractivity contribution in [3.8, 4) is 0 Å². The maximum atomic E-state index is 13.0. The fraction of sp³-hybridized carbons (Fsp3) is 0.400. The zero-order chi connectivity index (χ0) is 10.7. The highest BCUT2D eigenvalue weighted by Crippen LogP contribution is 2.31. The van der Waals surface area contributed by atoms with Gasteiger partial charge in [0.15, 0.2) is 0 Å². The molecule has 0 aromatic heterocycles. The summed E-state index contributed by atoms with van der Waals surface area (Å²) in [7, 11) is 0. The first-order valence-electron chi connectivity index (χ1n) is 4.91. The van der Waals surface area contributed by atoms with E-state index < -0.39 is 0 Å². The summed E-state index contributed by atoms with van der Waals surface area (Å²) in [5.74, 6) is -0.375. The van der Waals surface area contributed by atoms with Crippen LogP contribution in [0.4, 0.5) is 15.8 Å². The van der Waals surface area contributed by atoms with Crippen molar-refractivity contribution in [2.75, 3.05) is 18.0 Å². The van der Waals surface area contributed by atoms with Crippen molar-refractivity contribution >= 4 is 11.4 Å². The molecule has 1 aliphatic heterocycles. The Kier molecular flexibility index (Phi) is 2.74. The van der Waals surface area contributed by atoms with Crippen molar-refractivity contribution in [2.24, 2.45) is 5.11 Å². The number of azide groups is 1. The molecule has 0 radical (unpaired) electrons. The molecule has 1 aliphatic rings. The summed E-state index contributed by atoms with van der Waals surface area (Å²) < 4.78 is 13.0. The Bertz CT molecular complexity index is 406. The van der Waals surface area contributed by atoms with E-state index in [2.05, 4.69) is 14.9 Å². The molecule has 0 N–H and O–H groups in total. The fourth-order valence-corrected chi connectivity index (χ4v) is 1.85. The van der Waals surface area contributed by atoms with E-state index >= 15 is 0 Å². The molecule has 1 fully saturated rings. The minimum absolute atomic E-state index is 0.374. The second kappa shape index (κ2) is 4.19. The molecule has 0 unspecified atom stereocenters. The highest BCUT2D eigenvalue weighted by atomic mass is 19.1. The lowest BCUT2D eigenvalue weighted by Crippen LogP contribution is -2.17. The van der Waals surface area contributed by atoms with Gasteiger partial charge in [-0.3, -0.25) is 0 Å². The van der Waals surface area contributed by atoms with E-state index in [0.29, 0.717) is 5.69 Å². The highest BCUT2D eigenvalue weighted by molar-refractivity contribution is 5.67. The van der Waals surface area contributed by atoms with Gasteiger partial charge in [-0.15, -0.1) is 0 Å². The van der Waals surface area contributed by atoms with Crippen molar-refractivity contribution in [1.29, 1.82) is 0 Å². The van der Waals surface area contributed by atoms with Gasteiger partial charge in [0.05, 0.1) is 5.69 Å². The largest absolute Gasteiger partial charge is 0.371 e. The molecule has 1 heterocycles. The van der Waals surface area contributed by atoms with Gasteiger partial charge >= 0.3 is 0 Å². The first kappa shape index (κ1) is 9.80. The first-order valence-corrected chi connectivity index (χ1v) is 4.91. The van der Waals surface area contributed by atoms with Gasteiger partial charge < -0.3 is 4.90 Å². The van der Waals surface area contributed by atoms with Crippen molar-refractivity contribution in [2.45, 2.75) is 12.8 Å². The zero-order valence-corrected chi connectivity index (χ0v) is 8.23. The summed E-state index contributed by atoms with van der Waals surface area (Å²) in [5.41, 5.74) is 9.60. The fourth-order valence-electron chi connectivity index (χ4n) is 1.85. The lowest BCUT2D eigenvalue weighted by molar-refractivity contribution is 0.628. The van der Waals surface area contributed by atoms with E-state index in [1.807, 2.05) is 0 Å². The van der Waals surface area contributed by atoms with E-state index in [0.717, 1.165) is 31.6 Å². The average Bonchev–Trinajstić information content (AvgIpc) is 2.71. The minimum Gasteiger partial charge on any atom is -0.371 e. The summed E-state index contributed by atoms with van der Waals surface area (Å²) in [4.78, 5) is 4.83. The first-order chi connectivity index (χ1) is 7.31. The lowest BCUT2D eigenvalue weighted by atomic mass is 10.2. The van der Waals surface area contributed by atoms with Crippen LogP contribution in [0.5, 0.6) is 0 Å². The third kappa shape index (κ3) is 2.02. The van der Waals surface area contributed by atoms with Crippen LogP contribution < -0.4 is 4.90 Å². The average molecular weight is 206 g/mol. The van der Waals surface area contributed by atoms with E-state index in [1.54, 1.807) is 6.07 Å². The summed E-state index contributed by atoms with van der Waals surface area (Å²) in [6.45, 7) is 1.89. The Labute approximate surface area is 86.9 Å². The van der Waals surface area contributed by atoms with E-state index in [9.17, 15) is 4.39 Å². The molecule has 0 atom stereocenters. The molecule has 0 spiro atoms. The van der Waals surface area contributed by atoms with Gasteiger partial charge in [-0.05, 0) is 36.6 Å². The number of rotatable bonds is 2. The van der Waals surface area contributed by atoms with Crippen LogP contribution in [0, 0.1) is 5.82 Å². The van der Waals surface area contributed by atoms with Crippen LogP contribution in [0.25, 0.3) is 10.4 Å². The number of hydrogen-bond donors (Lipinski definition) is 0. The van der Waals surface area contributed by atoms with Gasteiger partial charge in [-0.25, -0.2) is 4.39 Å². The second-order valence-electron chi connectivity index (χ2n) is 3.52. The molecule has 1 aromatic rings. The molecule has 0 aliphatic carbocycles. The predicted molar refractivity (Wildman–Crippen MR) is 56.7 cm³/mol. The Morgan fingerprint density at radius 2 is 2.07 bits per heavy atom. The minimum atomic E-state index is -0.375. The van der Waals surface area contributed by atoms with Crippen molar-refractivity contribution in [3.63, 3.8) is 0 Å². The molecule has 5 heteroatoms. The maximum absolute atomic E-state index is 13.0. The molecule has 78 valence electrons. The van der Waals surface area contributed by atoms with Crippen molar-refractivity contribution in [1.82, 2.24) is 0 Å². The molecule has 4 nitrogen and oxygen atoms in total. The van der Waals surface area contributed by atoms with Gasteiger partial charge in [0.1, 0.15) is 5.82 Å². The van der Waals surface area contributed by atoms with Gasteiger partial charge in [-0.1, -0.05) is 5.11 Å². The van der Waals surface area contributed by atoms with E-state index in [1.165, 1.54) is 12.1 Å². The monoisotopic (exact) mass is 206 g/mol. The number of nitrogens with zero attached hydrogens (tertiary/aromatic N) is 4. The molecular weight excluding hydrogens is 195 g/mol. The van der Waals surface area contributed by atoms with Crippen LogP contribution in [0.2, 0.25) is 0 Å². The Morgan fingerprint density at radius 3 is 2.73 bits per heavy atom. The lowest BCUT2D eigenvalue weighted by Gasteiger charge is -2.19. The maximum Gasteiger partial charge on any atom is 0.123 e. The number of anilines is 1. The molecular formula is C10H11FN4. The van der Waals surface area contributed by atoms with Crippen LogP contribution in [-0.2, 0) is 0 Å². The molecule has 1 aromatic carbocycles. The molecule has 15 heavy (non-hydrogen) atoms. The summed E-state index contributed by atoms with van der Waals surface area (Å²) in [5, 5.41) is 3.51. The van der Waals surface area contributed by atoms with Gasteiger partial charge in [0.25, 0.3) is 0 Å². The molecule has 0 bridgehead atoms. The molecule has 0 saturated carbocycles. The van der Waals surface area contributed by atoms with E-state index in [-0.39, 0.29) is 5.82 Å². The van der Waals surface area contributed by atoms with Crippen LogP contribution in [0.3, 0.4) is 0 Å². The summed E-state index contributed by atoms with van der Waals surface area (Å²) in [6, 6.07) is 4.34. The zero-order valence-electron chi connectivity index (χ0n) is 8.23. The number of benzene rings is 1. The predicted octanol–water partition coefficient (Wildman–Crippen LogP) is 3.37. The topological polar surface area (TPSA) is 52.0 Å².